The third kappa shape index (κ3) is 4.24. The fourth-order valence-corrected chi connectivity index (χ4v) is 1.33. The van der Waals surface area contributed by atoms with Gasteiger partial charge in [-0.15, -0.1) is 0 Å². The molecule has 5 heteroatoms. The quantitative estimate of drug-likeness (QED) is 0.701. The molecule has 0 aliphatic carbocycles. The van der Waals surface area contributed by atoms with Gasteiger partial charge in [0, 0.05) is 6.54 Å². The zero-order chi connectivity index (χ0) is 12.9. The van der Waals surface area contributed by atoms with E-state index in [9.17, 15) is 4.79 Å². The van der Waals surface area contributed by atoms with E-state index in [0.717, 1.165) is 5.56 Å². The Bertz CT molecular complexity index is 377. The molecule has 0 radical (unpaired) electrons. The first-order chi connectivity index (χ1) is 7.95. The van der Waals surface area contributed by atoms with Gasteiger partial charge in [0.25, 0.3) is 0 Å². The molecule has 0 aliphatic heterocycles. The average molecular weight is 257 g/mol. The van der Waals surface area contributed by atoms with Gasteiger partial charge < -0.3 is 10.4 Å². The summed E-state index contributed by atoms with van der Waals surface area (Å²) < 4.78 is 0. The molecule has 0 saturated heterocycles. The number of halogens is 1. The van der Waals surface area contributed by atoms with Gasteiger partial charge in [0.2, 0.25) is 5.91 Å². The standard InChI is InChI=1S/C12H17ClN2O2/c1-12(2,15-13)11(17)14-8-7-9-3-5-10(16)6-4-9/h3-6,15-16H,7-8H2,1-2H3,(H,14,17). The zero-order valence-corrected chi connectivity index (χ0v) is 10.7. The Morgan fingerprint density at radius 3 is 2.47 bits per heavy atom. The van der Waals surface area contributed by atoms with Crippen LogP contribution >= 0.6 is 11.8 Å². The first-order valence-electron chi connectivity index (χ1n) is 5.40. The molecule has 0 aromatic heterocycles. The van der Waals surface area contributed by atoms with Crippen molar-refractivity contribution in [3.63, 3.8) is 0 Å². The Kier molecular flexibility index (Phi) is 4.78. The van der Waals surface area contributed by atoms with Crippen LogP contribution in [0.5, 0.6) is 5.75 Å². The molecule has 1 rings (SSSR count). The van der Waals surface area contributed by atoms with Crippen molar-refractivity contribution in [1.29, 1.82) is 0 Å². The highest BCUT2D eigenvalue weighted by Crippen LogP contribution is 2.09. The summed E-state index contributed by atoms with van der Waals surface area (Å²) in [5.74, 6) is 0.0940. The van der Waals surface area contributed by atoms with Gasteiger partial charge in [-0.2, -0.15) is 0 Å². The Morgan fingerprint density at radius 1 is 1.35 bits per heavy atom. The minimum atomic E-state index is -0.781. The number of aromatic hydroxyl groups is 1. The van der Waals surface area contributed by atoms with Crippen LogP contribution in [0.1, 0.15) is 19.4 Å². The maximum atomic E-state index is 11.6. The van der Waals surface area contributed by atoms with E-state index in [1.807, 2.05) is 12.1 Å². The largest absolute Gasteiger partial charge is 0.508 e. The smallest absolute Gasteiger partial charge is 0.240 e. The molecule has 0 aliphatic rings. The van der Waals surface area contributed by atoms with Crippen molar-refractivity contribution in [2.24, 2.45) is 0 Å². The second-order valence-corrected chi connectivity index (χ2v) is 4.58. The lowest BCUT2D eigenvalue weighted by Gasteiger charge is -2.20. The average Bonchev–Trinajstić information content (AvgIpc) is 2.31. The lowest BCUT2D eigenvalue weighted by molar-refractivity contribution is -0.125. The maximum Gasteiger partial charge on any atom is 0.240 e. The van der Waals surface area contributed by atoms with E-state index in [-0.39, 0.29) is 11.7 Å². The van der Waals surface area contributed by atoms with Crippen molar-refractivity contribution < 1.29 is 9.90 Å². The zero-order valence-electron chi connectivity index (χ0n) is 9.96. The van der Waals surface area contributed by atoms with Crippen LogP contribution in [0.15, 0.2) is 24.3 Å². The van der Waals surface area contributed by atoms with Crippen LogP contribution in [0.3, 0.4) is 0 Å². The van der Waals surface area contributed by atoms with Crippen LogP contribution in [0, 0.1) is 0 Å². The van der Waals surface area contributed by atoms with E-state index >= 15 is 0 Å². The summed E-state index contributed by atoms with van der Waals surface area (Å²) in [7, 11) is 0. The summed E-state index contributed by atoms with van der Waals surface area (Å²) in [5, 5.41) is 11.9. The third-order valence-corrected chi connectivity index (χ3v) is 2.91. The number of phenolic OH excluding ortho intramolecular Hbond substituents is 1. The Hall–Kier alpha value is -1.26. The van der Waals surface area contributed by atoms with Crippen LogP contribution in [0.2, 0.25) is 0 Å². The van der Waals surface area contributed by atoms with Gasteiger partial charge in [-0.3, -0.25) is 4.79 Å². The van der Waals surface area contributed by atoms with Crippen molar-refractivity contribution in [2.45, 2.75) is 25.8 Å². The number of amides is 1. The SMILES string of the molecule is CC(C)(NCl)C(=O)NCCc1ccc(O)cc1. The van der Waals surface area contributed by atoms with Gasteiger partial charge >= 0.3 is 0 Å². The predicted octanol–water partition coefficient (Wildman–Crippen LogP) is 1.57. The van der Waals surface area contributed by atoms with Gasteiger partial charge in [-0.05, 0) is 49.7 Å². The minimum Gasteiger partial charge on any atom is -0.508 e. The molecule has 0 fully saturated rings. The summed E-state index contributed by atoms with van der Waals surface area (Å²) in [6.45, 7) is 3.94. The monoisotopic (exact) mass is 256 g/mol. The molecular formula is C12H17ClN2O2. The van der Waals surface area contributed by atoms with E-state index in [0.29, 0.717) is 13.0 Å². The molecule has 0 spiro atoms. The molecule has 0 saturated carbocycles. The molecule has 0 bridgehead atoms. The first-order valence-corrected chi connectivity index (χ1v) is 5.77. The van der Waals surface area contributed by atoms with E-state index in [1.165, 1.54) is 0 Å². The number of carbonyl (C=O) groups excluding carboxylic acids is 1. The molecule has 0 heterocycles. The normalized spacial score (nSPS) is 11.2. The fourth-order valence-electron chi connectivity index (χ4n) is 1.25. The lowest BCUT2D eigenvalue weighted by atomic mass is 10.1. The van der Waals surface area contributed by atoms with Gasteiger partial charge in [-0.25, -0.2) is 4.84 Å². The van der Waals surface area contributed by atoms with Crippen molar-refractivity contribution in [1.82, 2.24) is 10.2 Å². The first kappa shape index (κ1) is 13.8. The van der Waals surface area contributed by atoms with Crippen LogP contribution in [-0.4, -0.2) is 23.1 Å². The second kappa shape index (κ2) is 5.89. The Balaban J connectivity index is 2.38. The second-order valence-electron chi connectivity index (χ2n) is 4.39. The van der Waals surface area contributed by atoms with Crippen LogP contribution in [0.4, 0.5) is 0 Å². The van der Waals surface area contributed by atoms with Gasteiger partial charge in [0.1, 0.15) is 11.3 Å². The highest BCUT2D eigenvalue weighted by Gasteiger charge is 2.25. The van der Waals surface area contributed by atoms with E-state index in [4.69, 9.17) is 16.9 Å². The molecule has 17 heavy (non-hydrogen) atoms. The number of hydrogen-bond donors (Lipinski definition) is 3. The fraction of sp³-hybridized carbons (Fsp3) is 0.417. The third-order valence-electron chi connectivity index (χ3n) is 2.44. The van der Waals surface area contributed by atoms with E-state index < -0.39 is 5.54 Å². The van der Waals surface area contributed by atoms with Crippen molar-refractivity contribution in [2.75, 3.05) is 6.54 Å². The summed E-state index contributed by atoms with van der Waals surface area (Å²) >= 11 is 5.46. The summed E-state index contributed by atoms with van der Waals surface area (Å²) in [4.78, 5) is 14.1. The lowest BCUT2D eigenvalue weighted by Crippen LogP contribution is -2.49. The summed E-state index contributed by atoms with van der Waals surface area (Å²) in [6, 6.07) is 6.90. The topological polar surface area (TPSA) is 61.4 Å². The Morgan fingerprint density at radius 2 is 1.94 bits per heavy atom. The molecule has 1 aromatic rings. The number of carbonyl (C=O) groups is 1. The number of hydrogen-bond acceptors (Lipinski definition) is 3. The minimum absolute atomic E-state index is 0.147. The van der Waals surface area contributed by atoms with Crippen molar-refractivity contribution in [3.8, 4) is 5.75 Å². The van der Waals surface area contributed by atoms with Crippen LogP contribution < -0.4 is 10.2 Å². The van der Waals surface area contributed by atoms with Gasteiger partial charge in [0.05, 0.1) is 0 Å². The molecule has 4 nitrogen and oxygen atoms in total. The van der Waals surface area contributed by atoms with Crippen molar-refractivity contribution >= 4 is 17.7 Å². The van der Waals surface area contributed by atoms with Crippen LogP contribution in [-0.2, 0) is 11.2 Å². The number of rotatable bonds is 5. The van der Waals surface area contributed by atoms with Crippen molar-refractivity contribution in [3.05, 3.63) is 29.8 Å². The van der Waals surface area contributed by atoms with E-state index in [2.05, 4.69) is 10.2 Å². The molecule has 94 valence electrons. The highest BCUT2D eigenvalue weighted by molar-refractivity contribution is 6.15. The predicted molar refractivity (Wildman–Crippen MR) is 67.9 cm³/mol. The molecule has 0 unspecified atom stereocenters. The summed E-state index contributed by atoms with van der Waals surface area (Å²) in [5.41, 5.74) is 0.274. The molecule has 0 atom stereocenters. The highest BCUT2D eigenvalue weighted by atomic mass is 35.5. The molecule has 3 N–H and O–H groups in total. The number of nitrogens with one attached hydrogen (secondary N) is 2. The van der Waals surface area contributed by atoms with Gasteiger partial charge in [-0.1, -0.05) is 12.1 Å². The molecule has 1 aromatic carbocycles. The number of benzene rings is 1. The maximum absolute atomic E-state index is 11.6. The van der Waals surface area contributed by atoms with Crippen LogP contribution in [0.25, 0.3) is 0 Å². The molecule has 1 amide bonds. The van der Waals surface area contributed by atoms with Gasteiger partial charge in [0.15, 0.2) is 0 Å². The Labute approximate surface area is 106 Å². The van der Waals surface area contributed by atoms with E-state index in [1.54, 1.807) is 26.0 Å². The molecular weight excluding hydrogens is 240 g/mol. The number of phenols is 1. The summed E-state index contributed by atoms with van der Waals surface area (Å²) in [6.07, 6.45) is 0.713.